The molecule has 0 aromatic carbocycles. The molecule has 1 atom stereocenters. The fourth-order valence-corrected chi connectivity index (χ4v) is 4.94. The minimum atomic E-state index is -0.0840. The van der Waals surface area contributed by atoms with Crippen LogP contribution < -0.4 is 5.32 Å². The SMILES string of the molecule is CN(C)C(CNC(=O)CCCN1C(=O)/C(=C/c2cccs2)SC1=S)c1ccco1. The number of thiophene rings is 1. The highest BCUT2D eigenvalue weighted by atomic mass is 32.2. The summed E-state index contributed by atoms with van der Waals surface area (Å²) < 4.78 is 6.00. The van der Waals surface area contributed by atoms with Gasteiger partial charge in [0, 0.05) is 24.4 Å². The fraction of sp³-hybridized carbons (Fsp3) is 0.350. The molecule has 0 radical (unpaired) electrons. The van der Waals surface area contributed by atoms with Gasteiger partial charge in [0.1, 0.15) is 10.1 Å². The number of amides is 2. The number of thiocarbonyl (C=S) groups is 1. The Bertz CT molecular complexity index is 876. The summed E-state index contributed by atoms with van der Waals surface area (Å²) >= 11 is 8.23. The molecule has 1 saturated heterocycles. The van der Waals surface area contributed by atoms with Crippen molar-refractivity contribution in [3.05, 3.63) is 51.5 Å². The van der Waals surface area contributed by atoms with Crippen LogP contribution in [0.15, 0.2) is 45.2 Å². The summed E-state index contributed by atoms with van der Waals surface area (Å²) in [6.07, 6.45) is 4.38. The van der Waals surface area contributed by atoms with Crippen LogP contribution in [0.25, 0.3) is 6.08 Å². The van der Waals surface area contributed by atoms with Gasteiger partial charge in [-0.1, -0.05) is 30.0 Å². The number of hydrogen-bond acceptors (Lipinski definition) is 7. The minimum Gasteiger partial charge on any atom is -0.468 e. The molecule has 9 heteroatoms. The molecule has 0 spiro atoms. The molecule has 3 heterocycles. The van der Waals surface area contributed by atoms with E-state index in [9.17, 15) is 9.59 Å². The molecule has 1 aliphatic rings. The highest BCUT2D eigenvalue weighted by Crippen LogP contribution is 2.33. The van der Waals surface area contributed by atoms with Crippen molar-refractivity contribution in [2.45, 2.75) is 18.9 Å². The summed E-state index contributed by atoms with van der Waals surface area (Å²) in [4.78, 5) is 30.1. The highest BCUT2D eigenvalue weighted by Gasteiger charge is 2.31. The van der Waals surface area contributed by atoms with E-state index in [-0.39, 0.29) is 17.9 Å². The molecule has 1 N–H and O–H groups in total. The van der Waals surface area contributed by atoms with Gasteiger partial charge in [-0.15, -0.1) is 11.3 Å². The molecule has 0 saturated carbocycles. The van der Waals surface area contributed by atoms with Crippen molar-refractivity contribution in [3.8, 4) is 0 Å². The van der Waals surface area contributed by atoms with Crippen molar-refractivity contribution in [3.63, 3.8) is 0 Å². The van der Waals surface area contributed by atoms with Crippen LogP contribution in [0, 0.1) is 0 Å². The van der Waals surface area contributed by atoms with E-state index in [1.807, 2.05) is 54.7 Å². The van der Waals surface area contributed by atoms with E-state index in [0.717, 1.165) is 10.6 Å². The standard InChI is InChI=1S/C20H23N3O3S3/c1-22(2)15(16-7-4-10-26-16)13-21-18(24)8-3-9-23-19(25)17(29-20(23)27)12-14-6-5-11-28-14/h4-7,10-12,15H,3,8-9,13H2,1-2H3,(H,21,24)/b17-12-. The van der Waals surface area contributed by atoms with Crippen molar-refractivity contribution in [1.29, 1.82) is 0 Å². The maximum Gasteiger partial charge on any atom is 0.266 e. The normalized spacial score (nSPS) is 16.8. The number of rotatable bonds is 9. The topological polar surface area (TPSA) is 65.8 Å². The van der Waals surface area contributed by atoms with Gasteiger partial charge in [0.05, 0.1) is 17.2 Å². The number of likely N-dealkylation sites (N-methyl/N-ethyl adjacent to an activating group) is 1. The van der Waals surface area contributed by atoms with Crippen molar-refractivity contribution in [2.24, 2.45) is 0 Å². The number of furan rings is 1. The maximum absolute atomic E-state index is 12.6. The number of carbonyl (C=O) groups is 2. The zero-order valence-electron chi connectivity index (χ0n) is 16.3. The molecule has 2 amide bonds. The van der Waals surface area contributed by atoms with Gasteiger partial charge in [0.2, 0.25) is 5.91 Å². The van der Waals surface area contributed by atoms with Crippen LogP contribution in [0.4, 0.5) is 0 Å². The molecular weight excluding hydrogens is 426 g/mol. The number of nitrogens with one attached hydrogen (secondary N) is 1. The smallest absolute Gasteiger partial charge is 0.266 e. The molecule has 2 aromatic heterocycles. The van der Waals surface area contributed by atoms with Crippen LogP contribution in [0.1, 0.15) is 29.5 Å². The van der Waals surface area contributed by atoms with Crippen molar-refractivity contribution in [2.75, 3.05) is 27.2 Å². The molecule has 0 bridgehead atoms. The lowest BCUT2D eigenvalue weighted by atomic mass is 10.2. The second-order valence-corrected chi connectivity index (χ2v) is 9.41. The van der Waals surface area contributed by atoms with Gasteiger partial charge in [-0.05, 0) is 50.2 Å². The van der Waals surface area contributed by atoms with Crippen LogP contribution >= 0.6 is 35.3 Å². The first kappa shape index (κ1) is 21.8. The lowest BCUT2D eigenvalue weighted by Gasteiger charge is -2.22. The monoisotopic (exact) mass is 449 g/mol. The maximum atomic E-state index is 12.6. The molecule has 3 rings (SSSR count). The number of thioether (sulfide) groups is 1. The second kappa shape index (κ2) is 10.2. The van der Waals surface area contributed by atoms with Crippen molar-refractivity contribution in [1.82, 2.24) is 15.1 Å². The third-order valence-electron chi connectivity index (χ3n) is 4.46. The summed E-state index contributed by atoms with van der Waals surface area (Å²) in [5.74, 6) is 0.674. The van der Waals surface area contributed by atoms with Crippen LogP contribution in [0.5, 0.6) is 0 Å². The average molecular weight is 450 g/mol. The van der Waals surface area contributed by atoms with Gasteiger partial charge in [-0.3, -0.25) is 19.4 Å². The zero-order chi connectivity index (χ0) is 20.8. The molecule has 1 unspecified atom stereocenters. The molecule has 1 fully saturated rings. The first-order valence-corrected chi connectivity index (χ1v) is 11.3. The van der Waals surface area contributed by atoms with Crippen molar-refractivity contribution >= 4 is 57.5 Å². The fourth-order valence-electron chi connectivity index (χ4n) is 2.91. The third-order valence-corrected chi connectivity index (χ3v) is 6.66. The molecule has 1 aliphatic heterocycles. The predicted molar refractivity (Wildman–Crippen MR) is 122 cm³/mol. The number of nitrogens with zero attached hydrogens (tertiary/aromatic N) is 2. The average Bonchev–Trinajstić information content (AvgIpc) is 3.42. The Morgan fingerprint density at radius 1 is 1.38 bits per heavy atom. The Kier molecular flexibility index (Phi) is 7.65. The zero-order valence-corrected chi connectivity index (χ0v) is 18.7. The summed E-state index contributed by atoms with van der Waals surface area (Å²) in [6, 6.07) is 7.62. The molecule has 154 valence electrons. The number of carbonyl (C=O) groups excluding carboxylic acids is 2. The van der Waals surface area contributed by atoms with E-state index in [1.165, 1.54) is 11.8 Å². The van der Waals surface area contributed by atoms with Gasteiger partial charge in [-0.2, -0.15) is 0 Å². The van der Waals surface area contributed by atoms with Gasteiger partial charge < -0.3 is 9.73 Å². The second-order valence-electron chi connectivity index (χ2n) is 6.75. The first-order chi connectivity index (χ1) is 14.0. The van der Waals surface area contributed by atoms with Gasteiger partial charge in [0.25, 0.3) is 5.91 Å². The van der Waals surface area contributed by atoms with Gasteiger partial charge in [0.15, 0.2) is 0 Å². The van der Waals surface area contributed by atoms with E-state index < -0.39 is 0 Å². The lowest BCUT2D eigenvalue weighted by molar-refractivity contribution is -0.124. The van der Waals surface area contributed by atoms with Crippen LogP contribution in [0.3, 0.4) is 0 Å². The minimum absolute atomic E-state index is 0.0250. The Morgan fingerprint density at radius 3 is 2.86 bits per heavy atom. The molecule has 6 nitrogen and oxygen atoms in total. The summed E-state index contributed by atoms with van der Waals surface area (Å²) in [6.45, 7) is 0.902. The molecule has 29 heavy (non-hydrogen) atoms. The largest absolute Gasteiger partial charge is 0.468 e. The summed E-state index contributed by atoms with van der Waals surface area (Å²) in [5.41, 5.74) is 0. The van der Waals surface area contributed by atoms with E-state index in [2.05, 4.69) is 5.32 Å². The van der Waals surface area contributed by atoms with Crippen LogP contribution in [-0.4, -0.2) is 53.1 Å². The highest BCUT2D eigenvalue weighted by molar-refractivity contribution is 8.26. The van der Waals surface area contributed by atoms with Crippen LogP contribution in [0.2, 0.25) is 0 Å². The summed E-state index contributed by atoms with van der Waals surface area (Å²) in [5, 5.41) is 4.92. The third kappa shape index (κ3) is 5.79. The molecular formula is C20H23N3O3S3. The predicted octanol–water partition coefficient (Wildman–Crippen LogP) is 3.74. The van der Waals surface area contributed by atoms with Gasteiger partial charge >= 0.3 is 0 Å². The van der Waals surface area contributed by atoms with Crippen molar-refractivity contribution < 1.29 is 14.0 Å². The van der Waals surface area contributed by atoms with Crippen LogP contribution in [-0.2, 0) is 9.59 Å². The summed E-state index contributed by atoms with van der Waals surface area (Å²) in [7, 11) is 3.89. The van der Waals surface area contributed by atoms with E-state index in [1.54, 1.807) is 22.5 Å². The van der Waals surface area contributed by atoms with E-state index in [4.69, 9.17) is 16.6 Å². The lowest BCUT2D eigenvalue weighted by Crippen LogP contribution is -2.35. The molecule has 0 aliphatic carbocycles. The first-order valence-electron chi connectivity index (χ1n) is 9.21. The quantitative estimate of drug-likeness (QED) is 0.465. The molecule has 2 aromatic rings. The number of hydrogen-bond donors (Lipinski definition) is 1. The van der Waals surface area contributed by atoms with Gasteiger partial charge in [-0.25, -0.2) is 0 Å². The Hall–Kier alpha value is -1.94. The Labute approximate surface area is 183 Å². The van der Waals surface area contributed by atoms with E-state index in [0.29, 0.717) is 35.2 Å². The van der Waals surface area contributed by atoms with E-state index >= 15 is 0 Å². The Morgan fingerprint density at radius 2 is 2.21 bits per heavy atom. The Balaban J connectivity index is 1.45.